The van der Waals surface area contributed by atoms with Crippen LogP contribution in [0.3, 0.4) is 0 Å². The van der Waals surface area contributed by atoms with E-state index in [1.165, 1.54) is 32.0 Å². The molecule has 116 valence electrons. The Balaban J connectivity index is 2.91. The molecule has 0 spiro atoms. The molecular formula is C12H16N2O6S. The third-order valence-electron chi connectivity index (χ3n) is 3.03. The molecule has 0 amide bonds. The van der Waals surface area contributed by atoms with Crippen molar-refractivity contribution in [2.75, 3.05) is 6.54 Å². The first-order valence-corrected chi connectivity index (χ1v) is 7.61. The normalized spacial score (nSPS) is 12.9. The van der Waals surface area contributed by atoms with E-state index < -0.39 is 26.8 Å². The average Bonchev–Trinajstić information content (AvgIpc) is 2.37. The van der Waals surface area contributed by atoms with Gasteiger partial charge in [0.1, 0.15) is 0 Å². The minimum atomic E-state index is -3.92. The van der Waals surface area contributed by atoms with Gasteiger partial charge in [-0.25, -0.2) is 13.1 Å². The molecule has 1 rings (SSSR count). The Bertz CT molecular complexity index is 656. The molecule has 0 heterocycles. The SMILES string of the molecule is Cc1c([N+](=O)[O-])cccc1S(=O)(=O)NCCC(C)C(=O)O. The summed E-state index contributed by atoms with van der Waals surface area (Å²) >= 11 is 0. The van der Waals surface area contributed by atoms with Crippen molar-refractivity contribution in [1.29, 1.82) is 0 Å². The van der Waals surface area contributed by atoms with Crippen molar-refractivity contribution < 1.29 is 23.2 Å². The maximum Gasteiger partial charge on any atom is 0.306 e. The minimum absolute atomic E-state index is 0.0429. The fourth-order valence-corrected chi connectivity index (χ4v) is 3.01. The molecule has 1 unspecified atom stereocenters. The number of carboxylic acid groups (broad SMARTS) is 1. The Kier molecular flexibility index (Phi) is 5.39. The zero-order valence-electron chi connectivity index (χ0n) is 11.6. The highest BCUT2D eigenvalue weighted by molar-refractivity contribution is 7.89. The highest BCUT2D eigenvalue weighted by Gasteiger charge is 2.23. The van der Waals surface area contributed by atoms with Crippen LogP contribution in [0.1, 0.15) is 18.9 Å². The summed E-state index contributed by atoms with van der Waals surface area (Å²) in [5.41, 5.74) is -0.238. The lowest BCUT2D eigenvalue weighted by molar-refractivity contribution is -0.385. The van der Waals surface area contributed by atoms with Crippen LogP contribution in [0.2, 0.25) is 0 Å². The largest absolute Gasteiger partial charge is 0.481 e. The van der Waals surface area contributed by atoms with E-state index in [9.17, 15) is 23.3 Å². The van der Waals surface area contributed by atoms with E-state index >= 15 is 0 Å². The molecule has 8 nitrogen and oxygen atoms in total. The van der Waals surface area contributed by atoms with Gasteiger partial charge < -0.3 is 5.11 Å². The molecule has 0 aliphatic heterocycles. The first-order valence-electron chi connectivity index (χ1n) is 6.13. The second kappa shape index (κ2) is 6.64. The fraction of sp³-hybridized carbons (Fsp3) is 0.417. The second-order valence-corrected chi connectivity index (χ2v) is 6.32. The Labute approximate surface area is 122 Å². The number of aliphatic carboxylic acids is 1. The van der Waals surface area contributed by atoms with Crippen LogP contribution in [-0.4, -0.2) is 31.0 Å². The van der Waals surface area contributed by atoms with Crippen LogP contribution in [0.5, 0.6) is 0 Å². The molecule has 21 heavy (non-hydrogen) atoms. The predicted molar refractivity (Wildman–Crippen MR) is 74.4 cm³/mol. The lowest BCUT2D eigenvalue weighted by Crippen LogP contribution is -2.27. The molecule has 0 aliphatic carbocycles. The maximum absolute atomic E-state index is 12.1. The van der Waals surface area contributed by atoms with Crippen LogP contribution >= 0.6 is 0 Å². The molecular weight excluding hydrogens is 300 g/mol. The quantitative estimate of drug-likeness (QED) is 0.576. The van der Waals surface area contributed by atoms with Crippen LogP contribution in [-0.2, 0) is 14.8 Å². The van der Waals surface area contributed by atoms with Gasteiger partial charge in [-0.3, -0.25) is 14.9 Å². The number of rotatable bonds is 7. The predicted octanol–water partition coefficient (Wildman–Crippen LogP) is 1.29. The summed E-state index contributed by atoms with van der Waals surface area (Å²) < 4.78 is 26.5. The van der Waals surface area contributed by atoms with Crippen molar-refractivity contribution in [1.82, 2.24) is 4.72 Å². The standard InChI is InChI=1S/C12H16N2O6S/c1-8(12(15)16)6-7-13-21(19,20)11-5-3-4-10(9(11)2)14(17)18/h3-5,8,13H,6-7H2,1-2H3,(H,15,16). The zero-order valence-corrected chi connectivity index (χ0v) is 12.4. The number of hydrogen-bond donors (Lipinski definition) is 2. The van der Waals surface area contributed by atoms with Gasteiger partial charge in [-0.15, -0.1) is 0 Å². The van der Waals surface area contributed by atoms with Crippen LogP contribution in [0.15, 0.2) is 23.1 Å². The van der Waals surface area contributed by atoms with Gasteiger partial charge in [0.2, 0.25) is 10.0 Å². The van der Waals surface area contributed by atoms with E-state index in [1.807, 2.05) is 0 Å². The van der Waals surface area contributed by atoms with Gasteiger partial charge in [0.15, 0.2) is 0 Å². The Morgan fingerprint density at radius 1 is 1.48 bits per heavy atom. The summed E-state index contributed by atoms with van der Waals surface area (Å²) in [5.74, 6) is -1.69. The number of carbonyl (C=O) groups is 1. The molecule has 1 aromatic rings. The summed E-state index contributed by atoms with van der Waals surface area (Å²) in [5, 5.41) is 19.5. The van der Waals surface area contributed by atoms with E-state index in [0.29, 0.717) is 0 Å². The van der Waals surface area contributed by atoms with E-state index in [4.69, 9.17) is 5.11 Å². The number of nitro benzene ring substituents is 1. The second-order valence-electron chi connectivity index (χ2n) is 4.58. The van der Waals surface area contributed by atoms with Gasteiger partial charge >= 0.3 is 5.97 Å². The number of carboxylic acids is 1. The van der Waals surface area contributed by atoms with Gasteiger partial charge in [0.05, 0.1) is 15.7 Å². The van der Waals surface area contributed by atoms with E-state index in [0.717, 1.165) is 0 Å². The van der Waals surface area contributed by atoms with Crippen molar-refractivity contribution >= 4 is 21.7 Å². The van der Waals surface area contributed by atoms with Gasteiger partial charge in [-0.2, -0.15) is 0 Å². The molecule has 1 atom stereocenters. The van der Waals surface area contributed by atoms with Gasteiger partial charge in [-0.1, -0.05) is 13.0 Å². The first kappa shape index (κ1) is 17.1. The topological polar surface area (TPSA) is 127 Å². The molecule has 0 saturated carbocycles. The Morgan fingerprint density at radius 2 is 2.10 bits per heavy atom. The molecule has 0 fully saturated rings. The first-order chi connectivity index (χ1) is 9.66. The van der Waals surface area contributed by atoms with Crippen molar-refractivity contribution in [3.8, 4) is 0 Å². The Hall–Kier alpha value is -2.00. The van der Waals surface area contributed by atoms with Crippen LogP contribution in [0, 0.1) is 23.0 Å². The summed E-state index contributed by atoms with van der Waals surface area (Å²) in [6.07, 6.45) is 0.128. The molecule has 0 bridgehead atoms. The minimum Gasteiger partial charge on any atom is -0.481 e. The number of hydrogen-bond acceptors (Lipinski definition) is 5. The third-order valence-corrected chi connectivity index (χ3v) is 4.64. The van der Waals surface area contributed by atoms with E-state index in [1.54, 1.807) is 0 Å². The lowest BCUT2D eigenvalue weighted by Gasteiger charge is -2.10. The molecule has 0 aromatic heterocycles. The van der Waals surface area contributed by atoms with Gasteiger partial charge in [-0.05, 0) is 19.4 Å². The lowest BCUT2D eigenvalue weighted by atomic mass is 10.1. The molecule has 0 aliphatic rings. The molecule has 9 heteroatoms. The van der Waals surface area contributed by atoms with Crippen molar-refractivity contribution in [2.24, 2.45) is 5.92 Å². The molecule has 0 saturated heterocycles. The number of nitrogens with zero attached hydrogens (tertiary/aromatic N) is 1. The van der Waals surface area contributed by atoms with Crippen LogP contribution in [0.4, 0.5) is 5.69 Å². The number of sulfonamides is 1. The third kappa shape index (κ3) is 4.23. The highest BCUT2D eigenvalue weighted by atomic mass is 32.2. The summed E-state index contributed by atoms with van der Waals surface area (Å²) in [6, 6.07) is 3.78. The number of benzene rings is 1. The highest BCUT2D eigenvalue weighted by Crippen LogP contribution is 2.24. The van der Waals surface area contributed by atoms with Crippen LogP contribution < -0.4 is 4.72 Å². The van der Waals surface area contributed by atoms with Crippen LogP contribution in [0.25, 0.3) is 0 Å². The molecule has 1 aromatic carbocycles. The average molecular weight is 316 g/mol. The Morgan fingerprint density at radius 3 is 2.62 bits per heavy atom. The molecule has 2 N–H and O–H groups in total. The number of nitrogens with one attached hydrogen (secondary N) is 1. The van der Waals surface area contributed by atoms with Gasteiger partial charge in [0, 0.05) is 18.2 Å². The summed E-state index contributed by atoms with van der Waals surface area (Å²) in [4.78, 5) is 20.6. The van der Waals surface area contributed by atoms with Crippen molar-refractivity contribution in [3.63, 3.8) is 0 Å². The van der Waals surface area contributed by atoms with Crippen molar-refractivity contribution in [3.05, 3.63) is 33.9 Å². The molecule has 0 radical (unpaired) electrons. The van der Waals surface area contributed by atoms with Gasteiger partial charge in [0.25, 0.3) is 5.69 Å². The fourth-order valence-electron chi connectivity index (χ4n) is 1.70. The summed E-state index contributed by atoms with van der Waals surface area (Å²) in [7, 11) is -3.92. The number of nitro groups is 1. The summed E-state index contributed by atoms with van der Waals surface area (Å²) in [6.45, 7) is 2.76. The van der Waals surface area contributed by atoms with Crippen molar-refractivity contribution in [2.45, 2.75) is 25.2 Å². The smallest absolute Gasteiger partial charge is 0.306 e. The van der Waals surface area contributed by atoms with E-state index in [-0.39, 0.29) is 29.1 Å². The van der Waals surface area contributed by atoms with E-state index in [2.05, 4.69) is 4.72 Å². The maximum atomic E-state index is 12.1. The zero-order chi connectivity index (χ0) is 16.2. The monoisotopic (exact) mass is 316 g/mol.